The molecule has 2 aliphatic rings. The lowest BCUT2D eigenvalue weighted by Gasteiger charge is -2.28. The number of amides is 2. The van der Waals surface area contributed by atoms with Crippen molar-refractivity contribution in [2.45, 2.75) is 31.5 Å². The van der Waals surface area contributed by atoms with Crippen LogP contribution in [0.15, 0.2) is 0 Å². The Morgan fingerprint density at radius 2 is 2.07 bits per heavy atom. The maximum atomic E-state index is 13.3. The molecule has 2 atom stereocenters. The summed E-state index contributed by atoms with van der Waals surface area (Å²) in [6.45, 7) is 2.37. The van der Waals surface area contributed by atoms with E-state index in [1.165, 1.54) is 0 Å². The number of morpholine rings is 1. The zero-order valence-corrected chi connectivity index (χ0v) is 8.75. The summed E-state index contributed by atoms with van der Waals surface area (Å²) in [5, 5.41) is 2.75. The molecule has 5 heteroatoms. The minimum Gasteiger partial charge on any atom is -0.378 e. The van der Waals surface area contributed by atoms with Gasteiger partial charge in [0.1, 0.15) is 6.17 Å². The number of nitrogens with one attached hydrogen (secondary N) is 1. The summed E-state index contributed by atoms with van der Waals surface area (Å²) in [5.41, 5.74) is 0. The molecular weight excluding hydrogens is 199 g/mol. The highest BCUT2D eigenvalue weighted by Gasteiger charge is 2.29. The number of rotatable bonds is 1. The normalized spacial score (nSPS) is 31.7. The number of halogens is 1. The Hall–Kier alpha value is -0.840. The molecule has 15 heavy (non-hydrogen) atoms. The molecule has 2 fully saturated rings. The van der Waals surface area contributed by atoms with Gasteiger partial charge in [-0.15, -0.1) is 0 Å². The topological polar surface area (TPSA) is 41.6 Å². The Bertz CT molecular complexity index is 231. The second-order valence-electron chi connectivity index (χ2n) is 4.10. The summed E-state index contributed by atoms with van der Waals surface area (Å²) in [4.78, 5) is 13.4. The van der Waals surface area contributed by atoms with Crippen LogP contribution >= 0.6 is 0 Å². The molecule has 0 bridgehead atoms. The van der Waals surface area contributed by atoms with Crippen LogP contribution in [0.2, 0.25) is 0 Å². The van der Waals surface area contributed by atoms with E-state index < -0.39 is 6.17 Å². The fraction of sp³-hybridized carbons (Fsp3) is 0.900. The molecule has 1 N–H and O–H groups in total. The van der Waals surface area contributed by atoms with Crippen LogP contribution < -0.4 is 5.32 Å². The van der Waals surface area contributed by atoms with Crippen LogP contribution in [0.5, 0.6) is 0 Å². The summed E-state index contributed by atoms with van der Waals surface area (Å²) >= 11 is 0. The number of carbonyl (C=O) groups excluding carboxylic acids is 1. The van der Waals surface area contributed by atoms with Crippen LogP contribution in [-0.4, -0.2) is 49.4 Å². The molecule has 1 aliphatic carbocycles. The molecule has 0 aromatic heterocycles. The minimum absolute atomic E-state index is 0.146. The van der Waals surface area contributed by atoms with Crippen molar-refractivity contribution in [1.82, 2.24) is 10.2 Å². The molecule has 86 valence electrons. The first-order valence-corrected chi connectivity index (χ1v) is 5.54. The van der Waals surface area contributed by atoms with Gasteiger partial charge in [0.05, 0.1) is 19.3 Å². The lowest BCUT2D eigenvalue weighted by Crippen LogP contribution is -2.50. The van der Waals surface area contributed by atoms with Crippen LogP contribution in [0, 0.1) is 0 Å². The second-order valence-corrected chi connectivity index (χ2v) is 4.10. The number of carbonyl (C=O) groups is 1. The van der Waals surface area contributed by atoms with Gasteiger partial charge in [0.15, 0.2) is 0 Å². The average molecular weight is 216 g/mol. The highest BCUT2D eigenvalue weighted by atomic mass is 19.1. The standard InChI is InChI=1S/C10H17FN2O2/c11-8-2-1-3-9(8)12-10(14)13-4-6-15-7-5-13/h8-9H,1-7H2,(H,12,14). The third-order valence-electron chi connectivity index (χ3n) is 3.04. The molecule has 1 saturated carbocycles. The van der Waals surface area contributed by atoms with Crippen molar-refractivity contribution < 1.29 is 13.9 Å². The van der Waals surface area contributed by atoms with E-state index in [1.54, 1.807) is 4.90 Å². The van der Waals surface area contributed by atoms with Crippen LogP contribution in [-0.2, 0) is 4.74 Å². The van der Waals surface area contributed by atoms with Crippen LogP contribution in [0.1, 0.15) is 19.3 Å². The van der Waals surface area contributed by atoms with Crippen molar-refractivity contribution in [3.05, 3.63) is 0 Å². The summed E-state index contributed by atoms with van der Waals surface area (Å²) in [6, 6.07) is -0.423. The van der Waals surface area contributed by atoms with E-state index >= 15 is 0 Å². The maximum absolute atomic E-state index is 13.3. The Morgan fingerprint density at radius 1 is 1.33 bits per heavy atom. The number of alkyl halides is 1. The van der Waals surface area contributed by atoms with E-state index in [0.717, 1.165) is 12.8 Å². The highest BCUT2D eigenvalue weighted by molar-refractivity contribution is 5.74. The predicted molar refractivity (Wildman–Crippen MR) is 53.5 cm³/mol. The van der Waals surface area contributed by atoms with Gasteiger partial charge in [-0.3, -0.25) is 0 Å². The fourth-order valence-electron chi connectivity index (χ4n) is 2.09. The SMILES string of the molecule is O=C(NC1CCCC1F)N1CCOCC1. The Kier molecular flexibility index (Phi) is 3.41. The summed E-state index contributed by atoms with van der Waals surface area (Å²) in [6.07, 6.45) is 1.34. The highest BCUT2D eigenvalue weighted by Crippen LogP contribution is 2.22. The van der Waals surface area contributed by atoms with Crippen molar-refractivity contribution in [1.29, 1.82) is 0 Å². The van der Waals surface area contributed by atoms with Crippen LogP contribution in [0.25, 0.3) is 0 Å². The largest absolute Gasteiger partial charge is 0.378 e. The maximum Gasteiger partial charge on any atom is 0.317 e. The van der Waals surface area contributed by atoms with Gasteiger partial charge < -0.3 is 15.0 Å². The lowest BCUT2D eigenvalue weighted by molar-refractivity contribution is 0.0519. The smallest absolute Gasteiger partial charge is 0.317 e. The van der Waals surface area contributed by atoms with E-state index in [0.29, 0.717) is 32.7 Å². The number of hydrogen-bond acceptors (Lipinski definition) is 2. The number of nitrogens with zero attached hydrogens (tertiary/aromatic N) is 1. The Labute approximate surface area is 88.8 Å². The second kappa shape index (κ2) is 4.79. The van der Waals surface area contributed by atoms with Gasteiger partial charge in [-0.2, -0.15) is 0 Å². The molecule has 1 heterocycles. The average Bonchev–Trinajstić information content (AvgIpc) is 2.66. The lowest BCUT2D eigenvalue weighted by atomic mass is 10.2. The molecule has 0 spiro atoms. The molecule has 1 aliphatic heterocycles. The molecule has 0 aromatic carbocycles. The third-order valence-corrected chi connectivity index (χ3v) is 3.04. The predicted octanol–water partition coefficient (Wildman–Crippen LogP) is 0.919. The molecule has 2 rings (SSSR count). The number of hydrogen-bond donors (Lipinski definition) is 1. The summed E-state index contributed by atoms with van der Waals surface area (Å²) in [7, 11) is 0. The van der Waals surface area contributed by atoms with Gasteiger partial charge in [0.25, 0.3) is 0 Å². The van der Waals surface area contributed by atoms with Gasteiger partial charge >= 0.3 is 6.03 Å². The molecule has 0 aromatic rings. The number of ether oxygens (including phenoxy) is 1. The van der Waals surface area contributed by atoms with E-state index in [1.807, 2.05) is 0 Å². The van der Waals surface area contributed by atoms with Crippen molar-refractivity contribution >= 4 is 6.03 Å². The molecule has 2 amide bonds. The van der Waals surface area contributed by atoms with E-state index in [4.69, 9.17) is 4.74 Å². The quantitative estimate of drug-likeness (QED) is 0.708. The van der Waals surface area contributed by atoms with Crippen LogP contribution in [0.3, 0.4) is 0 Å². The zero-order valence-electron chi connectivity index (χ0n) is 8.75. The minimum atomic E-state index is -0.866. The zero-order chi connectivity index (χ0) is 10.7. The monoisotopic (exact) mass is 216 g/mol. The molecule has 0 radical (unpaired) electrons. The van der Waals surface area contributed by atoms with Gasteiger partial charge in [0.2, 0.25) is 0 Å². The Morgan fingerprint density at radius 3 is 2.67 bits per heavy atom. The first-order valence-electron chi connectivity index (χ1n) is 5.54. The summed E-state index contributed by atoms with van der Waals surface area (Å²) in [5.74, 6) is 0. The number of urea groups is 1. The Balaban J connectivity index is 1.80. The van der Waals surface area contributed by atoms with Crippen LogP contribution in [0.4, 0.5) is 9.18 Å². The van der Waals surface area contributed by atoms with Crippen molar-refractivity contribution in [3.8, 4) is 0 Å². The summed E-state index contributed by atoms with van der Waals surface area (Å²) < 4.78 is 18.4. The first-order chi connectivity index (χ1) is 7.27. The van der Waals surface area contributed by atoms with Gasteiger partial charge in [-0.1, -0.05) is 0 Å². The molecular formula is C10H17FN2O2. The molecule has 1 saturated heterocycles. The third kappa shape index (κ3) is 2.59. The fourth-order valence-corrected chi connectivity index (χ4v) is 2.09. The first kappa shape index (κ1) is 10.7. The van der Waals surface area contributed by atoms with E-state index in [-0.39, 0.29) is 12.1 Å². The van der Waals surface area contributed by atoms with E-state index in [9.17, 15) is 9.18 Å². The van der Waals surface area contributed by atoms with Crippen molar-refractivity contribution in [2.24, 2.45) is 0 Å². The molecule has 2 unspecified atom stereocenters. The van der Waals surface area contributed by atoms with Gasteiger partial charge in [-0.05, 0) is 19.3 Å². The van der Waals surface area contributed by atoms with Gasteiger partial charge in [0, 0.05) is 13.1 Å². The molecule has 4 nitrogen and oxygen atoms in total. The van der Waals surface area contributed by atoms with Crippen molar-refractivity contribution in [2.75, 3.05) is 26.3 Å². The van der Waals surface area contributed by atoms with Crippen molar-refractivity contribution in [3.63, 3.8) is 0 Å². The van der Waals surface area contributed by atoms with Gasteiger partial charge in [-0.25, -0.2) is 9.18 Å². The van der Waals surface area contributed by atoms with E-state index in [2.05, 4.69) is 5.32 Å².